The molecule has 2 aromatic carbocycles. The van der Waals surface area contributed by atoms with E-state index in [4.69, 9.17) is 11.6 Å². The number of amides is 2. The molecule has 0 saturated carbocycles. The lowest BCUT2D eigenvalue weighted by Gasteiger charge is -2.38. The molecule has 2 aliphatic heterocycles. The predicted molar refractivity (Wildman–Crippen MR) is 118 cm³/mol. The summed E-state index contributed by atoms with van der Waals surface area (Å²) < 4.78 is 27.1. The summed E-state index contributed by atoms with van der Waals surface area (Å²) in [6.07, 6.45) is 0.251. The minimum absolute atomic E-state index is 0.0249. The molecule has 0 aliphatic carbocycles. The second-order valence-electron chi connectivity index (χ2n) is 7.85. The summed E-state index contributed by atoms with van der Waals surface area (Å²) in [6.45, 7) is 3.98. The molecule has 1 atom stereocenters. The van der Waals surface area contributed by atoms with E-state index in [0.717, 1.165) is 15.6 Å². The molecule has 0 N–H and O–H groups in total. The van der Waals surface area contributed by atoms with Crippen molar-refractivity contribution in [2.24, 2.45) is 0 Å². The minimum atomic E-state index is -4.08. The third-order valence-corrected chi connectivity index (χ3v) is 7.87. The van der Waals surface area contributed by atoms with Crippen molar-refractivity contribution in [3.63, 3.8) is 0 Å². The summed E-state index contributed by atoms with van der Waals surface area (Å²) in [5, 5.41) is 0.650. The van der Waals surface area contributed by atoms with E-state index in [9.17, 15) is 18.0 Å². The SMILES string of the molecule is Cc1ccc(S(=O)(=O)N2C(=O)CC[C@H]2C(=O)N2CCN(c3cccc(Cl)c3)CC2)cc1. The van der Waals surface area contributed by atoms with Gasteiger partial charge in [-0.25, -0.2) is 12.7 Å². The zero-order valence-corrected chi connectivity index (χ0v) is 18.8. The van der Waals surface area contributed by atoms with E-state index >= 15 is 0 Å². The van der Waals surface area contributed by atoms with Gasteiger partial charge < -0.3 is 9.80 Å². The Labute approximate surface area is 187 Å². The Hall–Kier alpha value is -2.58. The van der Waals surface area contributed by atoms with Crippen molar-refractivity contribution in [1.29, 1.82) is 0 Å². The highest BCUT2D eigenvalue weighted by molar-refractivity contribution is 7.89. The van der Waals surface area contributed by atoms with Crippen molar-refractivity contribution in [2.45, 2.75) is 30.7 Å². The quantitative estimate of drug-likeness (QED) is 0.699. The number of hydrogen-bond acceptors (Lipinski definition) is 5. The maximum absolute atomic E-state index is 13.2. The third kappa shape index (κ3) is 4.27. The van der Waals surface area contributed by atoms with Crippen LogP contribution in [0.4, 0.5) is 5.69 Å². The van der Waals surface area contributed by atoms with E-state index in [-0.39, 0.29) is 23.6 Å². The van der Waals surface area contributed by atoms with E-state index in [1.165, 1.54) is 12.1 Å². The van der Waals surface area contributed by atoms with Crippen LogP contribution in [-0.2, 0) is 19.6 Å². The summed E-state index contributed by atoms with van der Waals surface area (Å²) in [7, 11) is -4.08. The number of piperazine rings is 1. The number of sulfonamides is 1. The second kappa shape index (κ2) is 8.51. The summed E-state index contributed by atoms with van der Waals surface area (Å²) in [5.74, 6) is -0.844. The van der Waals surface area contributed by atoms with Crippen molar-refractivity contribution in [2.75, 3.05) is 31.1 Å². The Morgan fingerprint density at radius 2 is 1.71 bits per heavy atom. The molecule has 0 radical (unpaired) electrons. The van der Waals surface area contributed by atoms with Gasteiger partial charge in [-0.2, -0.15) is 0 Å². The Morgan fingerprint density at radius 1 is 1.03 bits per heavy atom. The number of benzene rings is 2. The maximum atomic E-state index is 13.2. The summed E-state index contributed by atoms with van der Waals surface area (Å²) in [5.41, 5.74) is 1.90. The van der Waals surface area contributed by atoms with E-state index in [0.29, 0.717) is 31.2 Å². The molecule has 2 heterocycles. The first kappa shape index (κ1) is 21.6. The van der Waals surface area contributed by atoms with Crippen LogP contribution < -0.4 is 4.90 Å². The van der Waals surface area contributed by atoms with Gasteiger partial charge in [-0.05, 0) is 43.7 Å². The zero-order valence-electron chi connectivity index (χ0n) is 17.2. The van der Waals surface area contributed by atoms with Gasteiger partial charge in [-0.1, -0.05) is 35.4 Å². The number of halogens is 1. The molecule has 31 heavy (non-hydrogen) atoms. The van der Waals surface area contributed by atoms with Crippen LogP contribution in [0.3, 0.4) is 0 Å². The van der Waals surface area contributed by atoms with Crippen LogP contribution >= 0.6 is 11.6 Å². The molecular formula is C22H24ClN3O4S. The average molecular weight is 462 g/mol. The Kier molecular flexibility index (Phi) is 5.94. The lowest BCUT2D eigenvalue weighted by molar-refractivity contribution is -0.138. The number of carbonyl (C=O) groups is 2. The van der Waals surface area contributed by atoms with E-state index in [1.807, 2.05) is 31.2 Å². The Bertz CT molecular complexity index is 1100. The topological polar surface area (TPSA) is 78.0 Å². The van der Waals surface area contributed by atoms with Gasteiger partial charge in [-0.3, -0.25) is 9.59 Å². The van der Waals surface area contributed by atoms with Crippen LogP contribution in [0, 0.1) is 6.92 Å². The molecule has 0 bridgehead atoms. The van der Waals surface area contributed by atoms with Crippen molar-refractivity contribution in [1.82, 2.24) is 9.21 Å². The minimum Gasteiger partial charge on any atom is -0.368 e. The standard InChI is InChI=1S/C22H24ClN3O4S/c1-16-5-7-19(8-6-16)31(29,30)26-20(9-10-21(26)27)22(28)25-13-11-24(12-14-25)18-4-2-3-17(23)15-18/h2-8,15,20H,9-14H2,1H3/t20-/m0/s1. The van der Waals surface area contributed by atoms with Crippen molar-refractivity contribution in [3.05, 3.63) is 59.1 Å². The zero-order chi connectivity index (χ0) is 22.2. The molecule has 0 unspecified atom stereocenters. The molecule has 0 spiro atoms. The number of hydrogen-bond donors (Lipinski definition) is 0. The number of aryl methyl sites for hydroxylation is 1. The van der Waals surface area contributed by atoms with Gasteiger partial charge in [0, 0.05) is 43.3 Å². The van der Waals surface area contributed by atoms with E-state index < -0.39 is 22.0 Å². The van der Waals surface area contributed by atoms with Crippen molar-refractivity contribution in [3.8, 4) is 0 Å². The van der Waals surface area contributed by atoms with Crippen LogP contribution in [-0.4, -0.2) is 61.7 Å². The van der Waals surface area contributed by atoms with Crippen LogP contribution in [0.1, 0.15) is 18.4 Å². The number of nitrogens with zero attached hydrogens (tertiary/aromatic N) is 3. The second-order valence-corrected chi connectivity index (χ2v) is 10.1. The highest BCUT2D eigenvalue weighted by Crippen LogP contribution is 2.29. The van der Waals surface area contributed by atoms with Gasteiger partial charge in [0.2, 0.25) is 11.8 Å². The van der Waals surface area contributed by atoms with Crippen LogP contribution in [0.5, 0.6) is 0 Å². The first-order chi connectivity index (χ1) is 14.8. The Morgan fingerprint density at radius 3 is 2.35 bits per heavy atom. The molecule has 0 aromatic heterocycles. The molecule has 2 saturated heterocycles. The van der Waals surface area contributed by atoms with Gasteiger partial charge >= 0.3 is 0 Å². The van der Waals surface area contributed by atoms with Crippen molar-refractivity contribution < 1.29 is 18.0 Å². The van der Waals surface area contributed by atoms with Crippen LogP contribution in [0.25, 0.3) is 0 Å². The lowest BCUT2D eigenvalue weighted by atomic mass is 10.1. The molecule has 2 aliphatic rings. The summed E-state index contributed by atoms with van der Waals surface area (Å²) in [4.78, 5) is 29.5. The predicted octanol–water partition coefficient (Wildman–Crippen LogP) is 2.68. The number of anilines is 1. The van der Waals surface area contributed by atoms with Gasteiger partial charge in [-0.15, -0.1) is 0 Å². The average Bonchev–Trinajstić information content (AvgIpc) is 3.16. The molecular weight excluding hydrogens is 438 g/mol. The smallest absolute Gasteiger partial charge is 0.267 e. The molecule has 164 valence electrons. The highest BCUT2D eigenvalue weighted by atomic mass is 35.5. The fourth-order valence-electron chi connectivity index (χ4n) is 4.08. The summed E-state index contributed by atoms with van der Waals surface area (Å²) in [6, 6.07) is 12.9. The highest BCUT2D eigenvalue weighted by Gasteiger charge is 2.45. The van der Waals surface area contributed by atoms with Gasteiger partial charge in [0.15, 0.2) is 0 Å². The number of rotatable bonds is 4. The lowest BCUT2D eigenvalue weighted by Crippen LogP contribution is -2.55. The summed E-state index contributed by atoms with van der Waals surface area (Å²) >= 11 is 6.08. The largest absolute Gasteiger partial charge is 0.368 e. The van der Waals surface area contributed by atoms with Gasteiger partial charge in [0.05, 0.1) is 4.90 Å². The molecule has 2 amide bonds. The molecule has 9 heteroatoms. The third-order valence-electron chi connectivity index (χ3n) is 5.79. The van der Waals surface area contributed by atoms with Gasteiger partial charge in [0.25, 0.3) is 10.0 Å². The number of carbonyl (C=O) groups excluding carboxylic acids is 2. The Balaban J connectivity index is 1.49. The first-order valence-electron chi connectivity index (χ1n) is 10.2. The monoisotopic (exact) mass is 461 g/mol. The fraction of sp³-hybridized carbons (Fsp3) is 0.364. The molecule has 7 nitrogen and oxygen atoms in total. The molecule has 2 fully saturated rings. The normalized spacial score (nSPS) is 19.7. The molecule has 2 aromatic rings. The van der Waals surface area contributed by atoms with E-state index in [1.54, 1.807) is 17.0 Å². The van der Waals surface area contributed by atoms with Crippen LogP contribution in [0.15, 0.2) is 53.4 Å². The van der Waals surface area contributed by atoms with E-state index in [2.05, 4.69) is 4.90 Å². The first-order valence-corrected chi connectivity index (χ1v) is 12.0. The molecule has 4 rings (SSSR count). The fourth-order valence-corrected chi connectivity index (χ4v) is 5.86. The van der Waals surface area contributed by atoms with Crippen molar-refractivity contribution >= 4 is 39.1 Å². The maximum Gasteiger partial charge on any atom is 0.267 e. The van der Waals surface area contributed by atoms with Crippen LogP contribution in [0.2, 0.25) is 5.02 Å². The van der Waals surface area contributed by atoms with Gasteiger partial charge in [0.1, 0.15) is 6.04 Å².